The summed E-state index contributed by atoms with van der Waals surface area (Å²) >= 11 is 12.7. The second-order valence-corrected chi connectivity index (χ2v) is 13.1. The van der Waals surface area contributed by atoms with Crippen LogP contribution in [-0.2, 0) is 26.0 Å². The number of halogens is 2. The molecule has 2 saturated heterocycles. The van der Waals surface area contributed by atoms with Crippen LogP contribution >= 0.6 is 35.6 Å². The van der Waals surface area contributed by atoms with Crippen molar-refractivity contribution in [3.8, 4) is 0 Å². The normalized spacial score (nSPS) is 20.4. The summed E-state index contributed by atoms with van der Waals surface area (Å²) in [6, 6.07) is 11.4. The Morgan fingerprint density at radius 3 is 2.64 bits per heavy atom. The Hall–Kier alpha value is -2.27. The van der Waals surface area contributed by atoms with Crippen LogP contribution in [0.25, 0.3) is 6.08 Å². The number of sulfone groups is 1. The van der Waals surface area contributed by atoms with Crippen molar-refractivity contribution < 1.29 is 22.4 Å². The molecule has 2 aromatic carbocycles. The second-order valence-electron chi connectivity index (χ2n) is 8.77. The molecular formula is C25H24ClFN2O4S3. The van der Waals surface area contributed by atoms with Gasteiger partial charge in [0.1, 0.15) is 10.1 Å². The summed E-state index contributed by atoms with van der Waals surface area (Å²) in [6.45, 7) is 1.86. The van der Waals surface area contributed by atoms with Crippen LogP contribution < -0.4 is 0 Å². The molecule has 4 rings (SSSR count). The lowest BCUT2D eigenvalue weighted by Gasteiger charge is -2.29. The fourth-order valence-electron chi connectivity index (χ4n) is 4.15. The van der Waals surface area contributed by atoms with Gasteiger partial charge >= 0.3 is 0 Å². The number of carbonyl (C=O) groups is 2. The van der Waals surface area contributed by atoms with E-state index >= 15 is 0 Å². The second kappa shape index (κ2) is 11.0. The monoisotopic (exact) mass is 566 g/mol. The van der Waals surface area contributed by atoms with Crippen LogP contribution in [0.2, 0.25) is 5.02 Å². The number of thiocarbonyl (C=S) groups is 1. The third-order valence-electron chi connectivity index (χ3n) is 6.16. The summed E-state index contributed by atoms with van der Waals surface area (Å²) < 4.78 is 39.0. The number of amides is 2. The molecule has 1 atom stereocenters. The number of rotatable bonds is 7. The highest BCUT2D eigenvalue weighted by Crippen LogP contribution is 2.33. The van der Waals surface area contributed by atoms with Gasteiger partial charge in [-0.25, -0.2) is 12.8 Å². The van der Waals surface area contributed by atoms with Crippen LogP contribution in [-0.4, -0.2) is 58.4 Å². The van der Waals surface area contributed by atoms with E-state index in [0.717, 1.165) is 11.1 Å². The van der Waals surface area contributed by atoms with Crippen molar-refractivity contribution in [1.29, 1.82) is 0 Å². The standard InChI is InChI=1S/C25H24ClFN2O4S3/c1-16-5-7-17(8-6-16)13-22-24(31)28(25(34)35-22)11-9-23(30)29(18-10-12-36(32,33)15-18)14-19-20(26)3-2-4-21(19)27/h2-8,13,18H,9-12,14-15H2,1H3/b22-13-. The average Bonchev–Trinajstić information content (AvgIpc) is 3.31. The van der Waals surface area contributed by atoms with Gasteiger partial charge in [-0.05, 0) is 37.1 Å². The van der Waals surface area contributed by atoms with Crippen molar-refractivity contribution >= 4 is 67.6 Å². The lowest BCUT2D eigenvalue weighted by molar-refractivity contribution is -0.134. The van der Waals surface area contributed by atoms with Gasteiger partial charge in [0.2, 0.25) is 5.91 Å². The van der Waals surface area contributed by atoms with Gasteiger partial charge in [-0.3, -0.25) is 14.5 Å². The smallest absolute Gasteiger partial charge is 0.266 e. The number of hydrogen-bond donors (Lipinski definition) is 0. The van der Waals surface area contributed by atoms with Gasteiger partial charge in [0.25, 0.3) is 5.91 Å². The Balaban J connectivity index is 1.49. The van der Waals surface area contributed by atoms with Gasteiger partial charge < -0.3 is 4.90 Å². The van der Waals surface area contributed by atoms with Crippen molar-refractivity contribution in [2.75, 3.05) is 18.1 Å². The van der Waals surface area contributed by atoms with Gasteiger partial charge in [-0.2, -0.15) is 0 Å². The molecule has 0 saturated carbocycles. The highest BCUT2D eigenvalue weighted by atomic mass is 35.5. The third kappa shape index (κ3) is 6.16. The first-order valence-electron chi connectivity index (χ1n) is 11.3. The molecule has 2 aliphatic rings. The summed E-state index contributed by atoms with van der Waals surface area (Å²) in [7, 11) is -3.29. The minimum absolute atomic E-state index is 0.0368. The SMILES string of the molecule is Cc1ccc(/C=C2\SC(=S)N(CCC(=O)N(Cc3c(F)cccc3Cl)C3CCS(=O)(=O)C3)C2=O)cc1. The molecule has 0 N–H and O–H groups in total. The Morgan fingerprint density at radius 1 is 1.28 bits per heavy atom. The summed E-state index contributed by atoms with van der Waals surface area (Å²) in [5, 5.41) is 0.159. The molecule has 1 unspecified atom stereocenters. The Bertz CT molecular complexity index is 1330. The maximum Gasteiger partial charge on any atom is 0.266 e. The minimum Gasteiger partial charge on any atom is -0.334 e. The molecule has 0 aliphatic carbocycles. The van der Waals surface area contributed by atoms with Crippen molar-refractivity contribution in [2.45, 2.75) is 32.4 Å². The first-order chi connectivity index (χ1) is 17.0. The number of benzene rings is 2. The molecule has 2 aromatic rings. The predicted molar refractivity (Wildman–Crippen MR) is 145 cm³/mol. The van der Waals surface area contributed by atoms with Crippen LogP contribution in [0, 0.1) is 12.7 Å². The molecule has 2 aliphatic heterocycles. The van der Waals surface area contributed by atoms with E-state index in [1.54, 1.807) is 6.08 Å². The van der Waals surface area contributed by atoms with E-state index in [4.69, 9.17) is 23.8 Å². The quantitative estimate of drug-likeness (QED) is 0.360. The van der Waals surface area contributed by atoms with Crippen molar-refractivity contribution in [1.82, 2.24) is 9.80 Å². The zero-order valence-electron chi connectivity index (χ0n) is 19.4. The van der Waals surface area contributed by atoms with Crippen LogP contribution in [0.4, 0.5) is 4.39 Å². The molecule has 0 bridgehead atoms. The fourth-order valence-corrected chi connectivity index (χ4v) is 7.42. The lowest BCUT2D eigenvalue weighted by atomic mass is 10.1. The molecule has 36 heavy (non-hydrogen) atoms. The molecule has 2 amide bonds. The van der Waals surface area contributed by atoms with Crippen molar-refractivity contribution in [2.24, 2.45) is 0 Å². The Labute approximate surface area is 224 Å². The van der Waals surface area contributed by atoms with Crippen LogP contribution in [0.1, 0.15) is 29.5 Å². The van der Waals surface area contributed by atoms with E-state index in [2.05, 4.69) is 0 Å². The van der Waals surface area contributed by atoms with Gasteiger partial charge in [0.15, 0.2) is 9.84 Å². The molecule has 0 aromatic heterocycles. The number of carbonyl (C=O) groups excluding carboxylic acids is 2. The number of thioether (sulfide) groups is 1. The van der Waals surface area contributed by atoms with E-state index in [1.807, 2.05) is 31.2 Å². The summed E-state index contributed by atoms with van der Waals surface area (Å²) in [6.07, 6.45) is 1.93. The van der Waals surface area contributed by atoms with Crippen molar-refractivity contribution in [3.63, 3.8) is 0 Å². The molecular weight excluding hydrogens is 543 g/mol. The number of aryl methyl sites for hydroxylation is 1. The highest BCUT2D eigenvalue weighted by molar-refractivity contribution is 8.26. The average molecular weight is 567 g/mol. The lowest BCUT2D eigenvalue weighted by Crippen LogP contribution is -2.42. The minimum atomic E-state index is -3.29. The number of hydrogen-bond acceptors (Lipinski definition) is 6. The molecule has 2 heterocycles. The van der Waals surface area contributed by atoms with Gasteiger partial charge in [-0.1, -0.05) is 71.5 Å². The maximum absolute atomic E-state index is 14.5. The molecule has 0 spiro atoms. The Morgan fingerprint density at radius 2 is 2.00 bits per heavy atom. The zero-order valence-corrected chi connectivity index (χ0v) is 22.7. The topological polar surface area (TPSA) is 74.8 Å². The Kier molecular flexibility index (Phi) is 8.18. The summed E-state index contributed by atoms with van der Waals surface area (Å²) in [5.74, 6) is -1.48. The van der Waals surface area contributed by atoms with Crippen LogP contribution in [0.15, 0.2) is 47.4 Å². The van der Waals surface area contributed by atoms with Gasteiger partial charge in [0, 0.05) is 29.6 Å². The molecule has 0 radical (unpaired) electrons. The molecule has 11 heteroatoms. The van der Waals surface area contributed by atoms with E-state index in [0.29, 0.717) is 9.23 Å². The molecule has 190 valence electrons. The van der Waals surface area contributed by atoms with Crippen LogP contribution in [0.5, 0.6) is 0 Å². The molecule has 2 fully saturated rings. The first-order valence-corrected chi connectivity index (χ1v) is 14.7. The summed E-state index contributed by atoms with van der Waals surface area (Å²) in [4.78, 5) is 29.5. The fraction of sp³-hybridized carbons (Fsp3) is 0.320. The van der Waals surface area contributed by atoms with Crippen molar-refractivity contribution in [3.05, 3.63) is 74.9 Å². The van der Waals surface area contributed by atoms with E-state index in [9.17, 15) is 22.4 Å². The van der Waals surface area contributed by atoms with E-state index in [1.165, 1.54) is 39.8 Å². The largest absolute Gasteiger partial charge is 0.334 e. The van der Waals surface area contributed by atoms with E-state index < -0.39 is 27.6 Å². The molecule has 6 nitrogen and oxygen atoms in total. The van der Waals surface area contributed by atoms with Crippen LogP contribution in [0.3, 0.4) is 0 Å². The third-order valence-corrected chi connectivity index (χ3v) is 9.64. The highest BCUT2D eigenvalue weighted by Gasteiger charge is 2.37. The van der Waals surface area contributed by atoms with E-state index in [-0.39, 0.29) is 53.9 Å². The predicted octanol–water partition coefficient (Wildman–Crippen LogP) is 4.59. The number of nitrogens with zero attached hydrogens (tertiary/aromatic N) is 2. The van der Waals surface area contributed by atoms with Gasteiger partial charge in [0.05, 0.1) is 23.0 Å². The summed E-state index contributed by atoms with van der Waals surface area (Å²) in [5.41, 5.74) is 2.10. The maximum atomic E-state index is 14.5. The first kappa shape index (κ1) is 26.8. The van der Waals surface area contributed by atoms with Gasteiger partial charge in [-0.15, -0.1) is 0 Å². The zero-order chi connectivity index (χ0) is 26.0.